The number of aliphatic carboxylic acids is 1. The molecule has 264 valence electrons. The van der Waals surface area contributed by atoms with E-state index in [1.807, 2.05) is 54.6 Å². The Balaban J connectivity index is 2.35. The van der Waals surface area contributed by atoms with Crippen molar-refractivity contribution in [1.82, 2.24) is 10.6 Å². The van der Waals surface area contributed by atoms with Gasteiger partial charge in [-0.05, 0) is 37.0 Å². The van der Waals surface area contributed by atoms with Gasteiger partial charge in [-0.1, -0.05) is 82.3 Å². The van der Waals surface area contributed by atoms with Gasteiger partial charge in [0.05, 0.1) is 24.4 Å². The topological polar surface area (TPSA) is 184 Å². The van der Waals surface area contributed by atoms with E-state index in [0.29, 0.717) is 5.56 Å². The molecule has 0 saturated heterocycles. The molecule has 2 aromatic carbocycles. The van der Waals surface area contributed by atoms with Crippen LogP contribution in [0.5, 0.6) is 0 Å². The number of carboxylic acids is 1. The Morgan fingerprint density at radius 1 is 0.750 bits per heavy atom. The molecule has 48 heavy (non-hydrogen) atoms. The summed E-state index contributed by atoms with van der Waals surface area (Å²) in [6.45, 7) is 10.0. The van der Waals surface area contributed by atoms with Gasteiger partial charge in [-0.3, -0.25) is 23.7 Å². The number of rotatable bonds is 18. The maximum atomic E-state index is 14.5. The van der Waals surface area contributed by atoms with Crippen LogP contribution in [0.1, 0.15) is 54.0 Å². The Bertz CT molecular complexity index is 1430. The molecule has 14 heteroatoms. The highest BCUT2D eigenvalue weighted by Gasteiger charge is 2.39. The molecule has 0 spiro atoms. The van der Waals surface area contributed by atoms with Crippen molar-refractivity contribution in [2.45, 2.75) is 73.0 Å². The van der Waals surface area contributed by atoms with Crippen molar-refractivity contribution < 1.29 is 52.4 Å². The van der Waals surface area contributed by atoms with Crippen LogP contribution in [0, 0.1) is 17.8 Å². The van der Waals surface area contributed by atoms with E-state index >= 15 is 0 Å². The minimum Gasteiger partial charge on any atom is -0.480 e. The van der Waals surface area contributed by atoms with E-state index in [9.17, 15) is 33.6 Å². The number of nitrogens with one attached hydrogen (secondary N) is 2. The molecule has 13 nitrogen and oxygen atoms in total. The molecule has 0 aliphatic rings. The van der Waals surface area contributed by atoms with E-state index in [1.54, 1.807) is 27.7 Å². The molecule has 0 aliphatic heterocycles. The summed E-state index contributed by atoms with van der Waals surface area (Å²) < 4.78 is 35.6. The Morgan fingerprint density at radius 2 is 1.33 bits per heavy atom. The molecule has 0 aliphatic carbocycles. The molecule has 5 atom stereocenters. The van der Waals surface area contributed by atoms with Crippen molar-refractivity contribution in [3.63, 3.8) is 0 Å². The lowest BCUT2D eigenvalue weighted by molar-refractivity contribution is -0.168. The summed E-state index contributed by atoms with van der Waals surface area (Å²) >= 11 is 0. The molecule has 3 N–H and O–H groups in total. The van der Waals surface area contributed by atoms with E-state index in [0.717, 1.165) is 11.1 Å². The van der Waals surface area contributed by atoms with Crippen LogP contribution in [0.3, 0.4) is 0 Å². The fourth-order valence-corrected chi connectivity index (χ4v) is 6.53. The molecule has 2 rings (SSSR count). The second kappa shape index (κ2) is 18.9. The number of hydrogen-bond donors (Lipinski definition) is 3. The second-order valence-electron chi connectivity index (χ2n) is 12.0. The summed E-state index contributed by atoms with van der Waals surface area (Å²) in [5, 5.41) is 14.3. The summed E-state index contributed by atoms with van der Waals surface area (Å²) in [5.74, 6) is -6.19. The Morgan fingerprint density at radius 3 is 1.90 bits per heavy atom. The highest BCUT2D eigenvalue weighted by Crippen LogP contribution is 2.52. The first kappa shape index (κ1) is 40.0. The molecule has 0 fully saturated rings. The Kier molecular flexibility index (Phi) is 15.8. The fraction of sp³-hybridized carbons (Fsp3) is 0.500. The number of carbonyl (C=O) groups excluding carboxylic acids is 4. The number of ether oxygens (including phenoxy) is 3. The monoisotopic (exact) mass is 690 g/mol. The van der Waals surface area contributed by atoms with Gasteiger partial charge in [-0.2, -0.15) is 0 Å². The second-order valence-corrected chi connectivity index (χ2v) is 14.8. The molecule has 0 heterocycles. The van der Waals surface area contributed by atoms with Crippen LogP contribution < -0.4 is 10.6 Å². The number of hydrogen-bond acceptors (Lipinski definition) is 10. The first-order valence-corrected chi connectivity index (χ1v) is 17.6. The third kappa shape index (κ3) is 13.1. The number of benzene rings is 2. The summed E-state index contributed by atoms with van der Waals surface area (Å²) in [6, 6.07) is 15.8. The molecule has 0 bridgehead atoms. The molecule has 0 saturated carbocycles. The number of alkyl carbamates (subject to hydrolysis) is 1. The van der Waals surface area contributed by atoms with Gasteiger partial charge >= 0.3 is 24.0 Å². The van der Waals surface area contributed by atoms with Crippen molar-refractivity contribution in [2.24, 2.45) is 17.8 Å². The Labute approximate surface area is 281 Å². The van der Waals surface area contributed by atoms with Crippen molar-refractivity contribution in [2.75, 3.05) is 19.4 Å². The smallest absolute Gasteiger partial charge is 0.410 e. The summed E-state index contributed by atoms with van der Waals surface area (Å²) in [4.78, 5) is 61.6. The van der Waals surface area contributed by atoms with Crippen LogP contribution in [0.4, 0.5) is 4.79 Å². The van der Waals surface area contributed by atoms with Gasteiger partial charge in [0.25, 0.3) is 0 Å². The van der Waals surface area contributed by atoms with Crippen molar-refractivity contribution in [1.29, 1.82) is 0 Å². The molecular formula is C34H47N2O11P. The zero-order chi connectivity index (χ0) is 36.0. The van der Waals surface area contributed by atoms with E-state index in [1.165, 1.54) is 20.8 Å². The molecular weight excluding hydrogens is 643 g/mol. The average Bonchev–Trinajstić information content (AvgIpc) is 3.02. The van der Waals surface area contributed by atoms with Gasteiger partial charge in [0.15, 0.2) is 0 Å². The third-order valence-corrected chi connectivity index (χ3v) is 10.0. The average molecular weight is 691 g/mol. The van der Waals surface area contributed by atoms with Crippen molar-refractivity contribution >= 4 is 37.3 Å². The van der Waals surface area contributed by atoms with E-state index in [4.69, 9.17) is 18.7 Å². The lowest BCUT2D eigenvalue weighted by Gasteiger charge is -2.29. The fourth-order valence-electron chi connectivity index (χ4n) is 4.29. The van der Waals surface area contributed by atoms with Gasteiger partial charge in [0.2, 0.25) is 19.6 Å². The van der Waals surface area contributed by atoms with Crippen molar-refractivity contribution in [3.8, 4) is 11.1 Å². The molecule has 2 aromatic rings. The minimum atomic E-state index is -4.03. The van der Waals surface area contributed by atoms with E-state index < -0.39 is 79.3 Å². The lowest BCUT2D eigenvalue weighted by Crippen LogP contribution is -2.44. The first-order chi connectivity index (χ1) is 22.5. The number of esters is 2. The van der Waals surface area contributed by atoms with Gasteiger partial charge in [-0.25, -0.2) is 4.79 Å². The maximum Gasteiger partial charge on any atom is 0.410 e. The van der Waals surface area contributed by atoms with Crippen LogP contribution in [0.15, 0.2) is 54.6 Å². The first-order valence-electron chi connectivity index (χ1n) is 15.8. The SMILES string of the molecule is CC(OC(=O)NC(C)P(=O)(CC(Cc1ccc(-c2ccccc2)cc1)C(=O)NC(C)C(=O)O)OCCOC(=O)C(C)C)OC(=O)C(C)C. The molecule has 0 radical (unpaired) electrons. The molecule has 0 aromatic heterocycles. The normalized spacial score (nSPS) is 14.9. The van der Waals surface area contributed by atoms with Crippen LogP contribution in [0.2, 0.25) is 0 Å². The standard InChI is InChI=1S/C34H47N2O11P/c1-21(2)32(40)44-17-18-45-48(43,24(6)36-34(42)47-25(7)46-33(41)22(3)4)20-29(30(37)35-23(5)31(38)39)19-26-13-15-28(16-14-26)27-11-9-8-10-12-27/h8-16,21-25,29H,17-20H2,1-7H3,(H,35,37)(H,36,42)(H,38,39). The zero-order valence-corrected chi connectivity index (χ0v) is 29.4. The number of carboxylic acid groups (broad SMARTS) is 1. The van der Waals surface area contributed by atoms with E-state index in [2.05, 4.69) is 10.6 Å². The summed E-state index contributed by atoms with van der Waals surface area (Å²) in [5.41, 5.74) is 2.63. The van der Waals surface area contributed by atoms with Crippen LogP contribution in [-0.2, 0) is 48.9 Å². The zero-order valence-electron chi connectivity index (χ0n) is 28.5. The maximum absolute atomic E-state index is 14.5. The quantitative estimate of drug-likeness (QED) is 0.0807. The van der Waals surface area contributed by atoms with Gasteiger partial charge in [-0.15, -0.1) is 0 Å². The highest BCUT2D eigenvalue weighted by atomic mass is 31.2. The lowest BCUT2D eigenvalue weighted by atomic mass is 9.97. The molecule has 2 amide bonds. The number of amides is 2. The minimum absolute atomic E-state index is 0.0578. The van der Waals surface area contributed by atoms with Crippen molar-refractivity contribution in [3.05, 3.63) is 60.2 Å². The van der Waals surface area contributed by atoms with Gasteiger partial charge in [0.1, 0.15) is 18.4 Å². The third-order valence-electron chi connectivity index (χ3n) is 7.17. The molecule has 5 unspecified atom stereocenters. The highest BCUT2D eigenvalue weighted by molar-refractivity contribution is 7.59. The Hall–Kier alpha value is -4.22. The van der Waals surface area contributed by atoms with Crippen LogP contribution in [0.25, 0.3) is 11.1 Å². The van der Waals surface area contributed by atoms with Crippen LogP contribution >= 0.6 is 7.37 Å². The van der Waals surface area contributed by atoms with Gasteiger partial charge < -0.3 is 34.5 Å². The van der Waals surface area contributed by atoms with Crippen LogP contribution in [-0.4, -0.2) is 72.5 Å². The summed E-state index contributed by atoms with van der Waals surface area (Å²) in [6.07, 6.45) is -2.66. The van der Waals surface area contributed by atoms with Gasteiger partial charge in [0, 0.05) is 13.1 Å². The van der Waals surface area contributed by atoms with E-state index in [-0.39, 0.29) is 19.6 Å². The predicted octanol–water partition coefficient (Wildman–Crippen LogP) is 5.21. The summed E-state index contributed by atoms with van der Waals surface area (Å²) in [7, 11) is -4.03. The largest absolute Gasteiger partial charge is 0.480 e. The predicted molar refractivity (Wildman–Crippen MR) is 178 cm³/mol. The number of carbonyl (C=O) groups is 5.